The van der Waals surface area contributed by atoms with Gasteiger partial charge in [-0.15, -0.1) is 0 Å². The number of rotatable bonds is 1. The highest BCUT2D eigenvalue weighted by Gasteiger charge is 2.60. The lowest BCUT2D eigenvalue weighted by Crippen LogP contribution is -2.55. The van der Waals surface area contributed by atoms with Gasteiger partial charge >= 0.3 is 0 Å². The number of hydrogen-bond donors (Lipinski definition) is 1. The quantitative estimate of drug-likeness (QED) is 0.773. The maximum absolute atomic E-state index is 10.4. The van der Waals surface area contributed by atoms with Crippen molar-refractivity contribution in [2.24, 2.45) is 40.4 Å². The van der Waals surface area contributed by atoms with Crippen molar-refractivity contribution in [1.82, 2.24) is 0 Å². The van der Waals surface area contributed by atoms with Gasteiger partial charge in [0, 0.05) is 6.61 Å². The molecule has 0 aromatic heterocycles. The Bertz CT molecular complexity index is 483. The minimum Gasteiger partial charge on any atom is -0.396 e. The number of nitrogens with zero attached hydrogens (tertiary/aromatic N) is 1. The van der Waals surface area contributed by atoms with Crippen LogP contribution in [0.25, 0.3) is 0 Å². The van der Waals surface area contributed by atoms with Crippen LogP contribution in [0.5, 0.6) is 0 Å². The van der Waals surface area contributed by atoms with Crippen LogP contribution in [0.4, 0.5) is 0 Å². The molecule has 4 saturated carbocycles. The lowest BCUT2D eigenvalue weighted by Gasteiger charge is -2.60. The average Bonchev–Trinajstić information content (AvgIpc) is 2.90. The van der Waals surface area contributed by atoms with Gasteiger partial charge in [-0.25, -0.2) is 0 Å². The Balaban J connectivity index is 1.66. The van der Waals surface area contributed by atoms with Crippen LogP contribution in [0.1, 0.15) is 71.1 Å². The number of nitriles is 1. The molecule has 0 bridgehead atoms. The van der Waals surface area contributed by atoms with E-state index in [-0.39, 0.29) is 16.7 Å². The first-order valence-electron chi connectivity index (χ1n) is 9.66. The Morgan fingerprint density at radius 2 is 1.86 bits per heavy atom. The van der Waals surface area contributed by atoms with Crippen molar-refractivity contribution in [2.45, 2.75) is 71.1 Å². The normalized spacial score (nSPS) is 54.0. The monoisotopic (exact) mass is 301 g/mol. The van der Waals surface area contributed by atoms with Crippen LogP contribution < -0.4 is 0 Å². The number of aliphatic hydroxyl groups excluding tert-OH is 1. The molecule has 4 aliphatic rings. The van der Waals surface area contributed by atoms with Gasteiger partial charge in [0.2, 0.25) is 0 Å². The molecule has 7 unspecified atom stereocenters. The zero-order valence-electron chi connectivity index (χ0n) is 14.1. The van der Waals surface area contributed by atoms with Crippen molar-refractivity contribution in [2.75, 3.05) is 6.61 Å². The van der Waals surface area contributed by atoms with Crippen molar-refractivity contribution in [3.63, 3.8) is 0 Å². The summed E-state index contributed by atoms with van der Waals surface area (Å²) in [6.07, 6.45) is 12.9. The average molecular weight is 301 g/mol. The molecular formula is C20H31NO. The van der Waals surface area contributed by atoms with Crippen LogP contribution >= 0.6 is 0 Å². The zero-order chi connectivity index (χ0) is 15.4. The predicted molar refractivity (Wildman–Crippen MR) is 86.9 cm³/mol. The molecule has 4 aliphatic carbocycles. The van der Waals surface area contributed by atoms with E-state index in [9.17, 15) is 10.4 Å². The summed E-state index contributed by atoms with van der Waals surface area (Å²) in [7, 11) is 0. The number of hydrogen-bond acceptors (Lipinski definition) is 2. The zero-order valence-corrected chi connectivity index (χ0v) is 14.1. The Morgan fingerprint density at radius 3 is 2.64 bits per heavy atom. The maximum Gasteiger partial charge on any atom is 0.0661 e. The van der Waals surface area contributed by atoms with E-state index >= 15 is 0 Å². The first kappa shape index (κ1) is 15.0. The third kappa shape index (κ3) is 1.81. The van der Waals surface area contributed by atoms with Crippen LogP contribution in [0.3, 0.4) is 0 Å². The second-order valence-corrected chi connectivity index (χ2v) is 9.09. The Hall–Kier alpha value is -0.550. The van der Waals surface area contributed by atoms with Gasteiger partial charge in [-0.3, -0.25) is 0 Å². The van der Waals surface area contributed by atoms with E-state index in [0.29, 0.717) is 6.61 Å². The lowest BCUT2D eigenvalue weighted by atomic mass is 9.44. The van der Waals surface area contributed by atoms with Gasteiger partial charge in [0.1, 0.15) is 0 Å². The summed E-state index contributed by atoms with van der Waals surface area (Å²) < 4.78 is 0. The first-order chi connectivity index (χ1) is 10.7. The highest BCUT2D eigenvalue weighted by molar-refractivity contribution is 5.12. The molecule has 0 amide bonds. The van der Waals surface area contributed by atoms with E-state index in [0.717, 1.165) is 30.1 Å². The molecule has 0 aliphatic heterocycles. The number of fused-ring (bicyclic) bond motifs is 5. The van der Waals surface area contributed by atoms with Gasteiger partial charge in [-0.2, -0.15) is 5.26 Å². The van der Waals surface area contributed by atoms with Crippen LogP contribution in [0, 0.1) is 51.8 Å². The molecule has 0 heterocycles. The van der Waals surface area contributed by atoms with Gasteiger partial charge in [-0.1, -0.05) is 19.8 Å². The van der Waals surface area contributed by atoms with Gasteiger partial charge in [0.25, 0.3) is 0 Å². The van der Waals surface area contributed by atoms with E-state index in [1.165, 1.54) is 57.8 Å². The summed E-state index contributed by atoms with van der Waals surface area (Å²) >= 11 is 0. The molecule has 0 aromatic rings. The highest BCUT2D eigenvalue weighted by Crippen LogP contribution is 2.67. The molecule has 0 saturated heterocycles. The van der Waals surface area contributed by atoms with Crippen molar-refractivity contribution in [3.05, 3.63) is 0 Å². The summed E-state index contributed by atoms with van der Waals surface area (Å²) in [5.74, 6) is 3.35. The Morgan fingerprint density at radius 1 is 1.00 bits per heavy atom. The topological polar surface area (TPSA) is 44.0 Å². The van der Waals surface area contributed by atoms with Gasteiger partial charge in [-0.05, 0) is 85.9 Å². The predicted octanol–water partition coefficient (Wildman–Crippen LogP) is 4.53. The molecule has 1 N–H and O–H groups in total. The van der Waals surface area contributed by atoms with E-state index < -0.39 is 0 Å². The van der Waals surface area contributed by atoms with Crippen molar-refractivity contribution in [1.29, 1.82) is 5.26 Å². The fraction of sp³-hybridized carbons (Fsp3) is 0.950. The minimum absolute atomic E-state index is 0.243. The molecule has 0 spiro atoms. The van der Waals surface area contributed by atoms with Crippen LogP contribution in [-0.4, -0.2) is 11.7 Å². The molecule has 122 valence electrons. The third-order valence-corrected chi connectivity index (χ3v) is 8.73. The molecule has 4 fully saturated rings. The Kier molecular flexibility index (Phi) is 3.57. The van der Waals surface area contributed by atoms with Crippen LogP contribution in [-0.2, 0) is 0 Å². The van der Waals surface area contributed by atoms with E-state index in [1.54, 1.807) is 0 Å². The first-order valence-corrected chi connectivity index (χ1v) is 9.66. The summed E-state index contributed by atoms with van der Waals surface area (Å²) in [6, 6.07) is 2.63. The lowest BCUT2D eigenvalue weighted by molar-refractivity contribution is -0.137. The van der Waals surface area contributed by atoms with Gasteiger partial charge in [0.15, 0.2) is 0 Å². The second kappa shape index (κ2) is 5.23. The second-order valence-electron chi connectivity index (χ2n) is 9.09. The SMILES string of the molecule is CC12CCC3C(CCC4CCCCC43CO)C1CCC2C#N. The van der Waals surface area contributed by atoms with Crippen molar-refractivity contribution < 1.29 is 5.11 Å². The van der Waals surface area contributed by atoms with E-state index in [1.807, 2.05) is 0 Å². The molecular weight excluding hydrogens is 270 g/mol. The largest absolute Gasteiger partial charge is 0.396 e. The summed E-state index contributed by atoms with van der Waals surface area (Å²) in [6.45, 7) is 2.83. The Labute approximate surface area is 135 Å². The fourth-order valence-electron chi connectivity index (χ4n) is 7.59. The standard InChI is InChI=1S/C20H31NO/c1-19-11-9-18-16(17(19)8-6-15(19)12-21)7-5-14-4-2-3-10-20(14,18)13-22/h14-18,22H,2-11,13H2,1H3. The smallest absolute Gasteiger partial charge is 0.0661 e. The number of aliphatic hydroxyl groups is 1. The third-order valence-electron chi connectivity index (χ3n) is 8.73. The molecule has 4 rings (SSSR count). The molecule has 2 nitrogen and oxygen atoms in total. The summed E-state index contributed by atoms with van der Waals surface area (Å²) in [5, 5.41) is 19.9. The van der Waals surface area contributed by atoms with Crippen molar-refractivity contribution >= 4 is 0 Å². The summed E-state index contributed by atoms with van der Waals surface area (Å²) in [4.78, 5) is 0. The minimum atomic E-state index is 0.243. The molecule has 0 radical (unpaired) electrons. The van der Waals surface area contributed by atoms with Crippen LogP contribution in [0.2, 0.25) is 0 Å². The molecule has 7 atom stereocenters. The fourth-order valence-corrected chi connectivity index (χ4v) is 7.59. The molecule has 2 heteroatoms. The van der Waals surface area contributed by atoms with Gasteiger partial charge in [0.05, 0.1) is 12.0 Å². The highest BCUT2D eigenvalue weighted by atomic mass is 16.3. The summed E-state index contributed by atoms with van der Waals surface area (Å²) in [5.41, 5.74) is 0.515. The molecule has 22 heavy (non-hydrogen) atoms. The van der Waals surface area contributed by atoms with Crippen molar-refractivity contribution in [3.8, 4) is 6.07 Å². The van der Waals surface area contributed by atoms with E-state index in [2.05, 4.69) is 13.0 Å². The van der Waals surface area contributed by atoms with Crippen LogP contribution in [0.15, 0.2) is 0 Å². The molecule has 0 aromatic carbocycles. The van der Waals surface area contributed by atoms with E-state index in [4.69, 9.17) is 0 Å². The van der Waals surface area contributed by atoms with Gasteiger partial charge < -0.3 is 5.11 Å². The maximum atomic E-state index is 10.4.